The van der Waals surface area contributed by atoms with Crippen LogP contribution in [0.3, 0.4) is 0 Å². The number of ether oxygens (including phenoxy) is 1. The first-order valence-corrected chi connectivity index (χ1v) is 6.30. The number of non-ortho nitro benzene ring substituents is 1. The van der Waals surface area contributed by atoms with Crippen LogP contribution in [0.2, 0.25) is 0 Å². The molecular formula is C13H15N3O6. The number of benzene rings is 1. The number of hydrogen-bond donors (Lipinski definition) is 2. The first-order valence-electron chi connectivity index (χ1n) is 6.30. The number of hydrazine groups is 1. The molecule has 22 heavy (non-hydrogen) atoms. The highest BCUT2D eigenvalue weighted by Crippen LogP contribution is 2.12. The quantitative estimate of drug-likeness (QED) is 0.440. The molecule has 0 aliphatic heterocycles. The van der Waals surface area contributed by atoms with Gasteiger partial charge in [-0.1, -0.05) is 12.1 Å². The van der Waals surface area contributed by atoms with Gasteiger partial charge in [0, 0.05) is 18.6 Å². The Morgan fingerprint density at radius 2 is 1.68 bits per heavy atom. The number of nitro groups is 1. The van der Waals surface area contributed by atoms with Crippen molar-refractivity contribution in [1.82, 2.24) is 10.9 Å². The predicted molar refractivity (Wildman–Crippen MR) is 74.3 cm³/mol. The Morgan fingerprint density at radius 1 is 1.09 bits per heavy atom. The van der Waals surface area contributed by atoms with Gasteiger partial charge in [-0.15, -0.1) is 0 Å². The van der Waals surface area contributed by atoms with Crippen LogP contribution in [0.25, 0.3) is 0 Å². The number of hydrogen-bond acceptors (Lipinski definition) is 6. The minimum Gasteiger partial charge on any atom is -0.469 e. The van der Waals surface area contributed by atoms with E-state index in [1.54, 1.807) is 0 Å². The van der Waals surface area contributed by atoms with E-state index in [9.17, 15) is 24.5 Å². The molecule has 2 amide bonds. The summed E-state index contributed by atoms with van der Waals surface area (Å²) >= 11 is 0. The maximum absolute atomic E-state index is 11.6. The van der Waals surface area contributed by atoms with Gasteiger partial charge < -0.3 is 4.74 Å². The van der Waals surface area contributed by atoms with E-state index in [1.807, 2.05) is 0 Å². The zero-order valence-corrected chi connectivity index (χ0v) is 11.8. The van der Waals surface area contributed by atoms with Gasteiger partial charge in [0.2, 0.25) is 11.8 Å². The van der Waals surface area contributed by atoms with E-state index in [-0.39, 0.29) is 24.9 Å². The third-order valence-corrected chi connectivity index (χ3v) is 2.64. The highest BCUT2D eigenvalue weighted by atomic mass is 16.6. The normalized spacial score (nSPS) is 9.68. The number of nitrogens with zero attached hydrogens (tertiary/aromatic N) is 1. The van der Waals surface area contributed by atoms with Crippen molar-refractivity contribution in [1.29, 1.82) is 0 Å². The Morgan fingerprint density at radius 3 is 2.23 bits per heavy atom. The van der Waals surface area contributed by atoms with Crippen molar-refractivity contribution >= 4 is 23.5 Å². The number of amides is 2. The molecule has 9 nitrogen and oxygen atoms in total. The molecule has 1 rings (SSSR count). The molecule has 0 bridgehead atoms. The van der Waals surface area contributed by atoms with Crippen molar-refractivity contribution in [3.8, 4) is 0 Å². The Balaban J connectivity index is 2.35. The fraction of sp³-hybridized carbons (Fsp3) is 0.308. The molecular weight excluding hydrogens is 294 g/mol. The summed E-state index contributed by atoms with van der Waals surface area (Å²) in [4.78, 5) is 43.7. The lowest BCUT2D eigenvalue weighted by Crippen LogP contribution is -2.42. The van der Waals surface area contributed by atoms with Crippen LogP contribution in [0.1, 0.15) is 18.4 Å². The molecule has 1 aromatic carbocycles. The van der Waals surface area contributed by atoms with Crippen LogP contribution in [-0.2, 0) is 25.5 Å². The summed E-state index contributed by atoms with van der Waals surface area (Å²) in [5.41, 5.74) is 4.84. The molecule has 0 saturated carbocycles. The van der Waals surface area contributed by atoms with Gasteiger partial charge in [0.05, 0.1) is 24.9 Å². The molecule has 0 fully saturated rings. The SMILES string of the molecule is COC(=O)CCC(=O)NNC(=O)Cc1ccc([N+](=O)[O-])cc1. The molecule has 1 aromatic rings. The fourth-order valence-electron chi connectivity index (χ4n) is 1.48. The average molecular weight is 309 g/mol. The van der Waals surface area contributed by atoms with Gasteiger partial charge in [-0.3, -0.25) is 35.3 Å². The number of esters is 1. The second-order valence-corrected chi connectivity index (χ2v) is 4.27. The van der Waals surface area contributed by atoms with Crippen molar-refractivity contribution in [3.63, 3.8) is 0 Å². The van der Waals surface area contributed by atoms with Gasteiger partial charge in [-0.25, -0.2) is 0 Å². The summed E-state index contributed by atoms with van der Waals surface area (Å²) in [7, 11) is 1.21. The van der Waals surface area contributed by atoms with Gasteiger partial charge in [0.1, 0.15) is 0 Å². The van der Waals surface area contributed by atoms with E-state index in [0.29, 0.717) is 5.56 Å². The van der Waals surface area contributed by atoms with Crippen molar-refractivity contribution in [2.45, 2.75) is 19.3 Å². The average Bonchev–Trinajstić information content (AvgIpc) is 2.51. The van der Waals surface area contributed by atoms with Crippen molar-refractivity contribution in [3.05, 3.63) is 39.9 Å². The van der Waals surface area contributed by atoms with Gasteiger partial charge in [0.15, 0.2) is 0 Å². The molecule has 0 aromatic heterocycles. The van der Waals surface area contributed by atoms with Crippen molar-refractivity contribution in [2.75, 3.05) is 7.11 Å². The second-order valence-electron chi connectivity index (χ2n) is 4.27. The van der Waals surface area contributed by atoms with Crippen LogP contribution >= 0.6 is 0 Å². The summed E-state index contributed by atoms with van der Waals surface area (Å²) in [5.74, 6) is -1.53. The molecule has 0 saturated heterocycles. The Hall–Kier alpha value is -2.97. The van der Waals surface area contributed by atoms with Gasteiger partial charge in [0.25, 0.3) is 5.69 Å². The fourth-order valence-corrected chi connectivity index (χ4v) is 1.48. The smallest absolute Gasteiger partial charge is 0.306 e. The van der Waals surface area contributed by atoms with Crippen LogP contribution in [-0.4, -0.2) is 29.8 Å². The zero-order chi connectivity index (χ0) is 16.5. The summed E-state index contributed by atoms with van der Waals surface area (Å²) < 4.78 is 4.38. The monoisotopic (exact) mass is 309 g/mol. The highest BCUT2D eigenvalue weighted by Gasteiger charge is 2.10. The number of rotatable bonds is 6. The van der Waals surface area contributed by atoms with E-state index < -0.39 is 22.7 Å². The molecule has 2 N–H and O–H groups in total. The first kappa shape index (κ1) is 17.1. The molecule has 9 heteroatoms. The third-order valence-electron chi connectivity index (χ3n) is 2.64. The summed E-state index contributed by atoms with van der Waals surface area (Å²) in [5, 5.41) is 10.5. The highest BCUT2D eigenvalue weighted by molar-refractivity contribution is 5.85. The standard InChI is InChI=1S/C13H15N3O6/c1-22-13(19)7-6-11(17)14-15-12(18)8-9-2-4-10(5-3-9)16(20)21/h2-5H,6-8H2,1H3,(H,14,17)(H,15,18). The molecule has 118 valence electrons. The number of nitro benzene ring substituents is 1. The van der Waals surface area contributed by atoms with Crippen LogP contribution in [0, 0.1) is 10.1 Å². The largest absolute Gasteiger partial charge is 0.469 e. The van der Waals surface area contributed by atoms with Crippen molar-refractivity contribution in [2.24, 2.45) is 0 Å². The molecule has 0 atom stereocenters. The van der Waals surface area contributed by atoms with Crippen LogP contribution < -0.4 is 10.9 Å². The molecule has 0 unspecified atom stereocenters. The predicted octanol–water partition coefficient (Wildman–Crippen LogP) is 0.238. The maximum atomic E-state index is 11.6. The van der Waals surface area contributed by atoms with Crippen LogP contribution in [0.15, 0.2) is 24.3 Å². The third kappa shape index (κ3) is 5.99. The molecule has 0 spiro atoms. The molecule has 0 aliphatic rings. The summed E-state index contributed by atoms with van der Waals surface area (Å²) in [6.07, 6.45) is -0.236. The summed E-state index contributed by atoms with van der Waals surface area (Å²) in [6, 6.07) is 5.49. The lowest BCUT2D eigenvalue weighted by Gasteiger charge is -2.07. The lowest BCUT2D eigenvalue weighted by atomic mass is 10.1. The van der Waals surface area contributed by atoms with Crippen LogP contribution in [0.5, 0.6) is 0 Å². The Labute approximate surface area is 125 Å². The van der Waals surface area contributed by atoms with E-state index >= 15 is 0 Å². The minimum absolute atomic E-state index is 0.0464. The molecule has 0 heterocycles. The number of nitrogens with one attached hydrogen (secondary N) is 2. The van der Waals surface area contributed by atoms with Crippen LogP contribution in [0.4, 0.5) is 5.69 Å². The second kappa shape index (κ2) is 8.35. The lowest BCUT2D eigenvalue weighted by molar-refractivity contribution is -0.384. The van der Waals surface area contributed by atoms with Gasteiger partial charge >= 0.3 is 5.97 Å². The first-order chi connectivity index (χ1) is 10.4. The van der Waals surface area contributed by atoms with E-state index in [2.05, 4.69) is 15.6 Å². The summed E-state index contributed by atoms with van der Waals surface area (Å²) in [6.45, 7) is 0. The maximum Gasteiger partial charge on any atom is 0.306 e. The molecule has 0 aliphatic carbocycles. The topological polar surface area (TPSA) is 128 Å². The van der Waals surface area contributed by atoms with Crippen molar-refractivity contribution < 1.29 is 24.0 Å². The van der Waals surface area contributed by atoms with Gasteiger partial charge in [-0.2, -0.15) is 0 Å². The van der Waals surface area contributed by atoms with E-state index in [1.165, 1.54) is 31.4 Å². The Bertz CT molecular complexity index is 570. The van der Waals surface area contributed by atoms with E-state index in [4.69, 9.17) is 0 Å². The number of methoxy groups -OCH3 is 1. The number of carbonyl (C=O) groups is 3. The minimum atomic E-state index is -0.536. The Kier molecular flexibility index (Phi) is 6.48. The zero-order valence-electron chi connectivity index (χ0n) is 11.8. The van der Waals surface area contributed by atoms with Gasteiger partial charge in [-0.05, 0) is 5.56 Å². The molecule has 0 radical (unpaired) electrons. The van der Waals surface area contributed by atoms with E-state index in [0.717, 1.165) is 0 Å². The number of carbonyl (C=O) groups excluding carboxylic acids is 3.